The summed E-state index contributed by atoms with van der Waals surface area (Å²) >= 11 is 0. The number of aliphatic carboxylic acids is 1. The van der Waals surface area contributed by atoms with Crippen LogP contribution in [0.5, 0.6) is 0 Å². The van der Waals surface area contributed by atoms with Crippen molar-refractivity contribution in [2.45, 2.75) is 32.6 Å². The van der Waals surface area contributed by atoms with Crippen LogP contribution in [-0.4, -0.2) is 23.5 Å². The maximum absolute atomic E-state index is 10.9. The van der Waals surface area contributed by atoms with Crippen LogP contribution in [0.25, 0.3) is 0 Å². The fourth-order valence-electron chi connectivity index (χ4n) is 1.47. The first-order chi connectivity index (χ1) is 6.02. The lowest BCUT2D eigenvalue weighted by atomic mass is 9.70. The van der Waals surface area contributed by atoms with Crippen LogP contribution < -0.4 is 5.32 Å². The lowest BCUT2D eigenvalue weighted by molar-refractivity contribution is -0.140. The van der Waals surface area contributed by atoms with E-state index in [1.165, 1.54) is 6.42 Å². The number of carbonyl (C=O) groups is 2. The monoisotopic (exact) mass is 185 g/mol. The molecule has 0 saturated heterocycles. The lowest BCUT2D eigenvalue weighted by Gasteiger charge is -2.38. The van der Waals surface area contributed by atoms with E-state index in [0.717, 1.165) is 12.8 Å². The molecule has 1 fully saturated rings. The number of hydrogen-bond acceptors (Lipinski definition) is 2. The molecule has 4 nitrogen and oxygen atoms in total. The molecule has 0 spiro atoms. The van der Waals surface area contributed by atoms with Crippen molar-refractivity contribution in [3.63, 3.8) is 0 Å². The van der Waals surface area contributed by atoms with Gasteiger partial charge in [0.25, 0.3) is 0 Å². The Labute approximate surface area is 77.3 Å². The van der Waals surface area contributed by atoms with Gasteiger partial charge in [0.15, 0.2) is 0 Å². The van der Waals surface area contributed by atoms with E-state index in [9.17, 15) is 9.59 Å². The Bertz CT molecular complexity index is 221. The van der Waals surface area contributed by atoms with E-state index in [4.69, 9.17) is 5.11 Å². The summed E-state index contributed by atoms with van der Waals surface area (Å²) in [5.74, 6) is -1.46. The maximum atomic E-state index is 10.9. The van der Waals surface area contributed by atoms with Gasteiger partial charge < -0.3 is 10.4 Å². The molecule has 1 rings (SSSR count). The second kappa shape index (κ2) is 3.77. The van der Waals surface area contributed by atoms with Crippen LogP contribution in [0.2, 0.25) is 0 Å². The van der Waals surface area contributed by atoms with Gasteiger partial charge in [0.2, 0.25) is 5.91 Å². The molecule has 1 aliphatic carbocycles. The van der Waals surface area contributed by atoms with E-state index in [1.54, 1.807) is 0 Å². The Hall–Kier alpha value is -1.06. The van der Waals surface area contributed by atoms with E-state index < -0.39 is 12.4 Å². The molecular weight excluding hydrogens is 170 g/mol. The Balaban J connectivity index is 2.18. The van der Waals surface area contributed by atoms with E-state index >= 15 is 0 Å². The SMILES string of the molecule is CC1(CNC(=O)CC(=O)O)CCC1. The standard InChI is InChI=1S/C9H15NO3/c1-9(3-2-4-9)6-10-7(11)5-8(12)13/h2-6H2,1H3,(H,10,11)(H,12,13). The Morgan fingerprint density at radius 2 is 2.08 bits per heavy atom. The molecule has 0 aromatic rings. The summed E-state index contributed by atoms with van der Waals surface area (Å²) in [6, 6.07) is 0. The summed E-state index contributed by atoms with van der Waals surface area (Å²) in [4.78, 5) is 21.1. The normalized spacial score (nSPS) is 18.8. The lowest BCUT2D eigenvalue weighted by Crippen LogP contribution is -2.40. The molecule has 2 N–H and O–H groups in total. The average molecular weight is 185 g/mol. The molecule has 0 radical (unpaired) electrons. The molecule has 1 aliphatic rings. The highest BCUT2D eigenvalue weighted by atomic mass is 16.4. The van der Waals surface area contributed by atoms with Crippen molar-refractivity contribution in [1.82, 2.24) is 5.32 Å². The van der Waals surface area contributed by atoms with Gasteiger partial charge in [0.05, 0.1) is 0 Å². The molecule has 0 aliphatic heterocycles. The van der Waals surface area contributed by atoms with Crippen LogP contribution in [0.15, 0.2) is 0 Å². The molecule has 0 aromatic heterocycles. The van der Waals surface area contributed by atoms with E-state index in [0.29, 0.717) is 6.54 Å². The second-order valence-electron chi connectivity index (χ2n) is 4.01. The fraction of sp³-hybridized carbons (Fsp3) is 0.778. The highest BCUT2D eigenvalue weighted by Crippen LogP contribution is 2.39. The zero-order valence-corrected chi connectivity index (χ0v) is 7.80. The molecule has 4 heteroatoms. The molecule has 0 atom stereocenters. The van der Waals surface area contributed by atoms with Gasteiger partial charge in [0, 0.05) is 6.54 Å². The van der Waals surface area contributed by atoms with Gasteiger partial charge in [-0.1, -0.05) is 13.3 Å². The largest absolute Gasteiger partial charge is 0.481 e. The third kappa shape index (κ3) is 3.05. The van der Waals surface area contributed by atoms with Gasteiger partial charge >= 0.3 is 5.97 Å². The predicted molar refractivity (Wildman–Crippen MR) is 47.2 cm³/mol. The first-order valence-electron chi connectivity index (χ1n) is 4.50. The Morgan fingerprint density at radius 1 is 1.46 bits per heavy atom. The first-order valence-corrected chi connectivity index (χ1v) is 4.50. The van der Waals surface area contributed by atoms with Crippen molar-refractivity contribution in [1.29, 1.82) is 0 Å². The van der Waals surface area contributed by atoms with Crippen LogP contribution in [0.1, 0.15) is 32.6 Å². The first kappa shape index (κ1) is 10.0. The van der Waals surface area contributed by atoms with Crippen LogP contribution in [0.3, 0.4) is 0 Å². The van der Waals surface area contributed by atoms with Crippen LogP contribution in [0.4, 0.5) is 0 Å². The summed E-state index contributed by atoms with van der Waals surface area (Å²) in [7, 11) is 0. The third-order valence-corrected chi connectivity index (χ3v) is 2.58. The highest BCUT2D eigenvalue weighted by Gasteiger charge is 2.31. The zero-order valence-electron chi connectivity index (χ0n) is 7.80. The van der Waals surface area contributed by atoms with Gasteiger partial charge in [-0.15, -0.1) is 0 Å². The number of amides is 1. The predicted octanol–water partition coefficient (Wildman–Crippen LogP) is 0.767. The summed E-state index contributed by atoms with van der Waals surface area (Å²) in [6.07, 6.45) is 3.04. The van der Waals surface area contributed by atoms with E-state index in [2.05, 4.69) is 12.2 Å². The Kier molecular flexibility index (Phi) is 2.90. The molecule has 1 saturated carbocycles. The molecule has 74 valence electrons. The minimum atomic E-state index is -1.07. The fourth-order valence-corrected chi connectivity index (χ4v) is 1.47. The third-order valence-electron chi connectivity index (χ3n) is 2.58. The van der Waals surface area contributed by atoms with Crippen LogP contribution in [-0.2, 0) is 9.59 Å². The average Bonchev–Trinajstić information content (AvgIpc) is 1.96. The van der Waals surface area contributed by atoms with Crippen molar-refractivity contribution in [2.75, 3.05) is 6.54 Å². The van der Waals surface area contributed by atoms with E-state index in [1.807, 2.05) is 0 Å². The summed E-state index contributed by atoms with van der Waals surface area (Å²) in [5.41, 5.74) is 0.216. The van der Waals surface area contributed by atoms with Gasteiger partial charge in [-0.25, -0.2) is 0 Å². The number of rotatable bonds is 4. The summed E-state index contributed by atoms with van der Waals surface area (Å²) in [5, 5.41) is 11.0. The summed E-state index contributed by atoms with van der Waals surface area (Å²) in [6.45, 7) is 2.72. The molecular formula is C9H15NO3. The molecule has 0 unspecified atom stereocenters. The van der Waals surface area contributed by atoms with Crippen molar-refractivity contribution < 1.29 is 14.7 Å². The van der Waals surface area contributed by atoms with Gasteiger partial charge in [-0.2, -0.15) is 0 Å². The van der Waals surface area contributed by atoms with Gasteiger partial charge in [-0.3, -0.25) is 9.59 Å². The molecule has 13 heavy (non-hydrogen) atoms. The topological polar surface area (TPSA) is 66.4 Å². The maximum Gasteiger partial charge on any atom is 0.312 e. The highest BCUT2D eigenvalue weighted by molar-refractivity contribution is 5.93. The minimum absolute atomic E-state index is 0.216. The number of hydrogen-bond donors (Lipinski definition) is 2. The van der Waals surface area contributed by atoms with Crippen LogP contribution in [0, 0.1) is 5.41 Å². The van der Waals surface area contributed by atoms with Gasteiger partial charge in [-0.05, 0) is 18.3 Å². The van der Waals surface area contributed by atoms with Crippen molar-refractivity contribution in [3.05, 3.63) is 0 Å². The molecule has 0 heterocycles. The van der Waals surface area contributed by atoms with Crippen molar-refractivity contribution in [2.24, 2.45) is 5.41 Å². The molecule has 1 amide bonds. The quantitative estimate of drug-likeness (QED) is 0.636. The second-order valence-corrected chi connectivity index (χ2v) is 4.01. The van der Waals surface area contributed by atoms with Crippen molar-refractivity contribution >= 4 is 11.9 Å². The van der Waals surface area contributed by atoms with Crippen LogP contribution >= 0.6 is 0 Å². The summed E-state index contributed by atoms with van der Waals surface area (Å²) < 4.78 is 0. The Morgan fingerprint density at radius 3 is 2.46 bits per heavy atom. The number of carbonyl (C=O) groups excluding carboxylic acids is 1. The number of nitrogens with one attached hydrogen (secondary N) is 1. The molecule has 0 bridgehead atoms. The smallest absolute Gasteiger partial charge is 0.312 e. The van der Waals surface area contributed by atoms with Gasteiger partial charge in [0.1, 0.15) is 6.42 Å². The number of carboxylic acid groups (broad SMARTS) is 1. The molecule has 0 aromatic carbocycles. The van der Waals surface area contributed by atoms with E-state index in [-0.39, 0.29) is 11.3 Å². The zero-order chi connectivity index (χ0) is 9.90. The van der Waals surface area contributed by atoms with Crippen molar-refractivity contribution in [3.8, 4) is 0 Å². The minimum Gasteiger partial charge on any atom is -0.481 e. The number of carboxylic acids is 1.